The maximum absolute atomic E-state index is 12.3. The van der Waals surface area contributed by atoms with Gasteiger partial charge in [-0.05, 0) is 12.1 Å². The lowest BCUT2D eigenvalue weighted by Crippen LogP contribution is -2.38. The van der Waals surface area contributed by atoms with Gasteiger partial charge in [0.1, 0.15) is 24.9 Å². The molecule has 0 aliphatic rings. The number of hydrogen-bond donors (Lipinski definition) is 1. The van der Waals surface area contributed by atoms with Crippen LogP contribution < -0.4 is 4.90 Å². The maximum atomic E-state index is 12.3. The Morgan fingerprint density at radius 3 is 2.56 bits per heavy atom. The van der Waals surface area contributed by atoms with Crippen LogP contribution in [0.15, 0.2) is 18.3 Å². The molecule has 0 radical (unpaired) electrons. The van der Waals surface area contributed by atoms with Crippen molar-refractivity contribution in [2.24, 2.45) is 0 Å². The Labute approximate surface area is 100 Å². The predicted molar refractivity (Wildman–Crippen MR) is 54.9 cm³/mol. The van der Waals surface area contributed by atoms with E-state index in [4.69, 9.17) is 10.4 Å². The Balaban J connectivity index is 2.94. The van der Waals surface area contributed by atoms with Gasteiger partial charge in [0.2, 0.25) is 0 Å². The van der Waals surface area contributed by atoms with Gasteiger partial charge in [0.25, 0.3) is 0 Å². The van der Waals surface area contributed by atoms with Crippen molar-refractivity contribution in [3.8, 4) is 6.07 Å². The minimum Gasteiger partial charge on any atom is -0.480 e. The number of anilines is 1. The van der Waals surface area contributed by atoms with Gasteiger partial charge in [0, 0.05) is 0 Å². The van der Waals surface area contributed by atoms with Gasteiger partial charge in [0.05, 0.1) is 11.9 Å². The van der Waals surface area contributed by atoms with Gasteiger partial charge in [0.15, 0.2) is 0 Å². The van der Waals surface area contributed by atoms with E-state index in [0.29, 0.717) is 4.90 Å². The van der Waals surface area contributed by atoms with Crippen molar-refractivity contribution in [3.63, 3.8) is 0 Å². The fourth-order valence-corrected chi connectivity index (χ4v) is 1.26. The van der Waals surface area contributed by atoms with Crippen molar-refractivity contribution in [1.82, 2.24) is 4.98 Å². The van der Waals surface area contributed by atoms with Gasteiger partial charge in [-0.2, -0.15) is 18.4 Å². The van der Waals surface area contributed by atoms with Crippen LogP contribution in [-0.2, 0) is 4.79 Å². The molecule has 1 aromatic rings. The van der Waals surface area contributed by atoms with E-state index in [0.717, 1.165) is 6.20 Å². The van der Waals surface area contributed by atoms with Crippen molar-refractivity contribution < 1.29 is 23.1 Å². The van der Waals surface area contributed by atoms with E-state index in [1.54, 1.807) is 6.07 Å². The lowest BCUT2D eigenvalue weighted by atomic mass is 10.3. The average molecular weight is 259 g/mol. The molecule has 0 spiro atoms. The van der Waals surface area contributed by atoms with Crippen molar-refractivity contribution in [1.29, 1.82) is 5.26 Å². The van der Waals surface area contributed by atoms with Crippen LogP contribution in [-0.4, -0.2) is 35.3 Å². The summed E-state index contributed by atoms with van der Waals surface area (Å²) in [4.78, 5) is 14.7. The molecule has 1 aromatic heterocycles. The summed E-state index contributed by atoms with van der Waals surface area (Å²) >= 11 is 0. The molecule has 0 amide bonds. The number of pyridine rings is 1. The van der Waals surface area contributed by atoms with Crippen LogP contribution in [0.3, 0.4) is 0 Å². The number of aliphatic carboxylic acids is 1. The lowest BCUT2D eigenvalue weighted by molar-refractivity contribution is -0.136. The normalized spacial score (nSPS) is 10.8. The molecule has 0 aromatic carbocycles. The number of carbonyl (C=O) groups is 1. The number of nitrogens with zero attached hydrogens (tertiary/aromatic N) is 3. The summed E-state index contributed by atoms with van der Waals surface area (Å²) in [5.41, 5.74) is 0.0368. The summed E-state index contributed by atoms with van der Waals surface area (Å²) < 4.78 is 36.8. The molecular formula is C10H8F3N3O2. The van der Waals surface area contributed by atoms with E-state index in [1.807, 2.05) is 0 Å². The number of carboxylic acids is 1. The molecule has 0 aliphatic heterocycles. The Morgan fingerprint density at radius 1 is 1.50 bits per heavy atom. The largest absolute Gasteiger partial charge is 0.480 e. The molecule has 0 bridgehead atoms. The van der Waals surface area contributed by atoms with Gasteiger partial charge < -0.3 is 10.0 Å². The minimum absolute atomic E-state index is 0.00581. The van der Waals surface area contributed by atoms with E-state index in [2.05, 4.69) is 4.98 Å². The molecule has 1 heterocycles. The maximum Gasteiger partial charge on any atom is 0.405 e. The molecule has 0 fully saturated rings. The van der Waals surface area contributed by atoms with Crippen molar-refractivity contribution >= 4 is 11.7 Å². The highest BCUT2D eigenvalue weighted by Gasteiger charge is 2.31. The van der Waals surface area contributed by atoms with Crippen LogP contribution in [0.1, 0.15) is 5.69 Å². The second-order valence-electron chi connectivity index (χ2n) is 3.38. The molecule has 0 aliphatic carbocycles. The Hall–Kier alpha value is -2.30. The first-order chi connectivity index (χ1) is 8.31. The minimum atomic E-state index is -4.52. The van der Waals surface area contributed by atoms with E-state index in [1.165, 1.54) is 12.1 Å². The van der Waals surface area contributed by atoms with E-state index in [9.17, 15) is 18.0 Å². The monoisotopic (exact) mass is 259 g/mol. The zero-order valence-corrected chi connectivity index (χ0v) is 8.98. The van der Waals surface area contributed by atoms with Crippen molar-refractivity contribution in [2.45, 2.75) is 6.18 Å². The molecule has 0 saturated heterocycles. The highest BCUT2D eigenvalue weighted by atomic mass is 19.4. The number of carboxylic acid groups (broad SMARTS) is 1. The van der Waals surface area contributed by atoms with Crippen molar-refractivity contribution in [2.75, 3.05) is 18.0 Å². The molecule has 1 rings (SSSR count). The van der Waals surface area contributed by atoms with Gasteiger partial charge in [-0.1, -0.05) is 0 Å². The molecule has 0 unspecified atom stereocenters. The Morgan fingerprint density at radius 2 is 2.17 bits per heavy atom. The number of halogens is 3. The third-order valence-electron chi connectivity index (χ3n) is 1.92. The van der Waals surface area contributed by atoms with Gasteiger partial charge in [-0.25, -0.2) is 4.98 Å². The zero-order valence-electron chi connectivity index (χ0n) is 8.98. The van der Waals surface area contributed by atoms with Crippen LogP contribution in [0.25, 0.3) is 0 Å². The molecular weight excluding hydrogens is 251 g/mol. The van der Waals surface area contributed by atoms with Crippen LogP contribution in [0.4, 0.5) is 18.9 Å². The molecule has 18 heavy (non-hydrogen) atoms. The van der Waals surface area contributed by atoms with E-state index >= 15 is 0 Å². The summed E-state index contributed by atoms with van der Waals surface area (Å²) in [7, 11) is 0. The van der Waals surface area contributed by atoms with Crippen LogP contribution in [0.2, 0.25) is 0 Å². The van der Waals surface area contributed by atoms with Crippen LogP contribution >= 0.6 is 0 Å². The average Bonchev–Trinajstić information content (AvgIpc) is 2.26. The highest BCUT2D eigenvalue weighted by molar-refractivity contribution is 5.73. The molecule has 0 atom stereocenters. The zero-order chi connectivity index (χ0) is 13.8. The number of hydrogen-bond acceptors (Lipinski definition) is 4. The molecule has 1 N–H and O–H groups in total. The number of nitriles is 1. The Bertz CT molecular complexity index is 465. The van der Waals surface area contributed by atoms with E-state index in [-0.39, 0.29) is 11.4 Å². The fourth-order valence-electron chi connectivity index (χ4n) is 1.26. The summed E-state index contributed by atoms with van der Waals surface area (Å²) in [6.07, 6.45) is -3.49. The van der Waals surface area contributed by atoms with Gasteiger partial charge >= 0.3 is 12.1 Å². The van der Waals surface area contributed by atoms with Crippen LogP contribution in [0, 0.1) is 11.3 Å². The van der Waals surface area contributed by atoms with Crippen molar-refractivity contribution in [3.05, 3.63) is 24.0 Å². The summed E-state index contributed by atoms with van der Waals surface area (Å²) in [5.74, 6) is -1.39. The Kier molecular flexibility index (Phi) is 4.09. The molecule has 5 nitrogen and oxygen atoms in total. The summed E-state index contributed by atoms with van der Waals surface area (Å²) in [6.45, 7) is -2.19. The molecule has 96 valence electrons. The van der Waals surface area contributed by atoms with E-state index < -0.39 is 25.2 Å². The second-order valence-corrected chi connectivity index (χ2v) is 3.38. The van der Waals surface area contributed by atoms with Gasteiger partial charge in [-0.3, -0.25) is 4.79 Å². The highest BCUT2D eigenvalue weighted by Crippen LogP contribution is 2.21. The first kappa shape index (κ1) is 13.8. The third-order valence-corrected chi connectivity index (χ3v) is 1.92. The summed E-state index contributed by atoms with van der Waals surface area (Å²) in [5, 5.41) is 17.1. The first-order valence-corrected chi connectivity index (χ1v) is 4.71. The SMILES string of the molecule is N#Cc1ccc(N(CC(=O)O)CC(F)(F)F)cn1. The first-order valence-electron chi connectivity index (χ1n) is 4.71. The second kappa shape index (κ2) is 5.35. The molecule has 8 heteroatoms. The smallest absolute Gasteiger partial charge is 0.405 e. The molecule has 0 saturated carbocycles. The standard InChI is InChI=1S/C10H8F3N3O2/c11-10(12,13)6-16(5-9(17)18)8-2-1-7(3-14)15-4-8/h1-2,4H,5-6H2,(H,17,18). The number of rotatable bonds is 4. The third kappa shape index (κ3) is 4.29. The lowest BCUT2D eigenvalue weighted by Gasteiger charge is -2.23. The number of alkyl halides is 3. The quantitative estimate of drug-likeness (QED) is 0.884. The topological polar surface area (TPSA) is 77.2 Å². The van der Waals surface area contributed by atoms with Crippen LogP contribution in [0.5, 0.6) is 0 Å². The number of aromatic nitrogens is 1. The summed E-state index contributed by atoms with van der Waals surface area (Å²) in [6, 6.07) is 4.16. The predicted octanol–water partition coefficient (Wildman–Crippen LogP) is 1.41. The fraction of sp³-hybridized carbons (Fsp3) is 0.300. The van der Waals surface area contributed by atoms with Gasteiger partial charge in [-0.15, -0.1) is 0 Å².